The Kier molecular flexibility index (Phi) is 2.82. The topological polar surface area (TPSA) is 108 Å². The lowest BCUT2D eigenvalue weighted by atomic mass is 10.2. The number of benzene rings is 1. The molecule has 0 bridgehead atoms. The van der Waals surface area contributed by atoms with Crippen molar-refractivity contribution in [3.8, 4) is 11.4 Å². The number of thioether (sulfide) groups is 1. The zero-order valence-corrected chi connectivity index (χ0v) is 12.7. The molecule has 2 atom stereocenters. The maximum absolute atomic E-state index is 11.7. The number of hydrogen-bond donors (Lipinski definition) is 0. The van der Waals surface area contributed by atoms with E-state index in [-0.39, 0.29) is 28.5 Å². The highest BCUT2D eigenvalue weighted by atomic mass is 32.2. The average molecular weight is 338 g/mol. The Morgan fingerprint density at radius 3 is 2.68 bits per heavy atom. The Bertz CT molecular complexity index is 875. The van der Waals surface area contributed by atoms with Crippen LogP contribution in [-0.2, 0) is 9.84 Å². The number of aromatic nitrogens is 3. The summed E-state index contributed by atoms with van der Waals surface area (Å²) >= 11 is 1.43. The number of rotatable bonds is 2. The van der Waals surface area contributed by atoms with Crippen LogP contribution in [-0.4, -0.2) is 44.9 Å². The highest BCUT2D eigenvalue weighted by Crippen LogP contribution is 2.44. The normalized spacial score (nSPS) is 24.9. The summed E-state index contributed by atoms with van der Waals surface area (Å²) in [5.74, 6) is 0.723. The lowest BCUT2D eigenvalue weighted by Gasteiger charge is -2.06. The van der Waals surface area contributed by atoms with Crippen molar-refractivity contribution in [1.29, 1.82) is 0 Å². The Labute approximate surface area is 129 Å². The monoisotopic (exact) mass is 338 g/mol. The first-order valence-electron chi connectivity index (χ1n) is 6.51. The fourth-order valence-corrected chi connectivity index (χ4v) is 6.56. The highest BCUT2D eigenvalue weighted by Gasteiger charge is 2.46. The molecule has 3 heterocycles. The van der Waals surface area contributed by atoms with Crippen LogP contribution in [0.5, 0.6) is 0 Å². The van der Waals surface area contributed by atoms with E-state index in [9.17, 15) is 18.5 Å². The van der Waals surface area contributed by atoms with Crippen molar-refractivity contribution in [2.24, 2.45) is 0 Å². The van der Waals surface area contributed by atoms with Gasteiger partial charge in [-0.25, -0.2) is 18.1 Å². The molecule has 10 heteroatoms. The highest BCUT2D eigenvalue weighted by molar-refractivity contribution is 8.02. The molecule has 1 aromatic heterocycles. The molecule has 0 spiro atoms. The molecule has 0 unspecified atom stereocenters. The van der Waals surface area contributed by atoms with Crippen molar-refractivity contribution in [1.82, 2.24) is 14.8 Å². The molecule has 1 saturated heterocycles. The van der Waals surface area contributed by atoms with Crippen LogP contribution >= 0.6 is 11.8 Å². The van der Waals surface area contributed by atoms with Crippen molar-refractivity contribution < 1.29 is 13.3 Å². The van der Waals surface area contributed by atoms with E-state index in [0.29, 0.717) is 16.5 Å². The molecule has 22 heavy (non-hydrogen) atoms. The quantitative estimate of drug-likeness (QED) is 0.600. The molecule has 0 saturated carbocycles. The smallest absolute Gasteiger partial charge is 0.258 e. The van der Waals surface area contributed by atoms with Crippen LogP contribution in [0.3, 0.4) is 0 Å². The van der Waals surface area contributed by atoms with Gasteiger partial charge in [0.15, 0.2) is 20.8 Å². The van der Waals surface area contributed by atoms with E-state index in [1.807, 2.05) is 0 Å². The van der Waals surface area contributed by atoms with Crippen LogP contribution in [0.2, 0.25) is 0 Å². The van der Waals surface area contributed by atoms with E-state index in [1.165, 1.54) is 23.9 Å². The second-order valence-corrected chi connectivity index (χ2v) is 8.63. The van der Waals surface area contributed by atoms with Crippen LogP contribution in [0.1, 0.15) is 6.04 Å². The number of non-ortho nitro benzene ring substituents is 1. The molecule has 8 nitrogen and oxygen atoms in total. The Morgan fingerprint density at radius 1 is 1.27 bits per heavy atom. The molecule has 0 N–H and O–H groups in total. The van der Waals surface area contributed by atoms with Crippen LogP contribution in [0.4, 0.5) is 5.69 Å². The van der Waals surface area contributed by atoms with Gasteiger partial charge < -0.3 is 0 Å². The zero-order chi connectivity index (χ0) is 15.5. The molecule has 1 aromatic carbocycles. The van der Waals surface area contributed by atoms with E-state index >= 15 is 0 Å². The van der Waals surface area contributed by atoms with Crippen molar-refractivity contribution in [3.63, 3.8) is 0 Å². The summed E-state index contributed by atoms with van der Waals surface area (Å²) in [7, 11) is -3.00. The van der Waals surface area contributed by atoms with Crippen LogP contribution in [0, 0.1) is 10.1 Å². The molecule has 0 radical (unpaired) electrons. The fourth-order valence-electron chi connectivity index (χ4n) is 2.73. The SMILES string of the molecule is O=[N+]([O-])c1ccc(-c2nc3n(n2)[C@@H]2CS(=O)(=O)C[C@@H]2S3)cc1. The third-order valence-corrected chi connectivity index (χ3v) is 6.98. The maximum atomic E-state index is 11.7. The maximum Gasteiger partial charge on any atom is 0.269 e. The van der Waals surface area contributed by atoms with Crippen LogP contribution in [0.25, 0.3) is 11.4 Å². The van der Waals surface area contributed by atoms with E-state index in [1.54, 1.807) is 16.8 Å². The van der Waals surface area contributed by atoms with Gasteiger partial charge in [-0.1, -0.05) is 11.8 Å². The molecule has 0 amide bonds. The Balaban J connectivity index is 1.67. The van der Waals surface area contributed by atoms with Gasteiger partial charge in [0.1, 0.15) is 0 Å². The Morgan fingerprint density at radius 2 is 2.00 bits per heavy atom. The lowest BCUT2D eigenvalue weighted by molar-refractivity contribution is -0.384. The summed E-state index contributed by atoms with van der Waals surface area (Å²) in [5.41, 5.74) is 0.678. The summed E-state index contributed by atoms with van der Waals surface area (Å²) in [5, 5.41) is 15.8. The summed E-state index contributed by atoms with van der Waals surface area (Å²) in [4.78, 5) is 14.6. The van der Waals surface area contributed by atoms with Gasteiger partial charge >= 0.3 is 0 Å². The molecular weight excluding hydrogens is 328 g/mol. The summed E-state index contributed by atoms with van der Waals surface area (Å²) in [6.07, 6.45) is 0. The summed E-state index contributed by atoms with van der Waals surface area (Å²) in [6.45, 7) is 0. The van der Waals surface area contributed by atoms with Gasteiger partial charge in [-0.2, -0.15) is 0 Å². The zero-order valence-electron chi connectivity index (χ0n) is 11.1. The van der Waals surface area contributed by atoms with E-state index in [2.05, 4.69) is 10.1 Å². The minimum absolute atomic E-state index is 0.00632. The number of nitrogens with zero attached hydrogens (tertiary/aromatic N) is 4. The molecule has 2 aliphatic heterocycles. The van der Waals surface area contributed by atoms with Gasteiger partial charge in [0.05, 0.1) is 27.7 Å². The summed E-state index contributed by atoms with van der Waals surface area (Å²) < 4.78 is 25.1. The first-order valence-corrected chi connectivity index (χ1v) is 9.21. The van der Waals surface area contributed by atoms with Crippen LogP contribution in [0.15, 0.2) is 29.4 Å². The van der Waals surface area contributed by atoms with Gasteiger partial charge in [0, 0.05) is 17.7 Å². The molecule has 2 aromatic rings. The van der Waals surface area contributed by atoms with Crippen LogP contribution < -0.4 is 0 Å². The molecule has 0 aliphatic carbocycles. The number of fused-ring (bicyclic) bond motifs is 3. The van der Waals surface area contributed by atoms with E-state index in [0.717, 1.165) is 0 Å². The summed E-state index contributed by atoms with van der Waals surface area (Å²) in [6, 6.07) is 5.83. The van der Waals surface area contributed by atoms with E-state index in [4.69, 9.17) is 0 Å². The standard InChI is InChI=1S/C12H10N4O4S2/c17-16(18)8-3-1-7(2-4-8)11-13-12-15(14-11)9-5-22(19,20)6-10(9)21-12/h1-4,9-10H,5-6H2/t9-,10+/m1/s1. The van der Waals surface area contributed by atoms with E-state index < -0.39 is 14.8 Å². The number of nitro groups is 1. The second kappa shape index (κ2) is 4.53. The lowest BCUT2D eigenvalue weighted by Crippen LogP contribution is -2.14. The molecule has 1 fully saturated rings. The average Bonchev–Trinajstić information content (AvgIpc) is 3.07. The van der Waals surface area contributed by atoms with Gasteiger partial charge in [0.25, 0.3) is 5.69 Å². The number of hydrogen-bond acceptors (Lipinski definition) is 7. The predicted molar refractivity (Wildman–Crippen MR) is 79.4 cm³/mol. The van der Waals surface area contributed by atoms with Gasteiger partial charge in [-0.3, -0.25) is 10.1 Å². The predicted octanol–water partition coefficient (Wildman–Crippen LogP) is 1.30. The van der Waals surface area contributed by atoms with Gasteiger partial charge in [-0.05, 0) is 12.1 Å². The third kappa shape index (κ3) is 2.10. The second-order valence-electron chi connectivity index (χ2n) is 5.27. The first kappa shape index (κ1) is 13.7. The van der Waals surface area contributed by atoms with Crippen molar-refractivity contribution in [2.45, 2.75) is 16.4 Å². The largest absolute Gasteiger partial charge is 0.269 e. The molecule has 4 rings (SSSR count). The van der Waals surface area contributed by atoms with Gasteiger partial charge in [-0.15, -0.1) is 5.10 Å². The van der Waals surface area contributed by atoms with Crippen molar-refractivity contribution in [2.75, 3.05) is 11.5 Å². The third-order valence-electron chi connectivity index (χ3n) is 3.78. The molecular formula is C12H10N4O4S2. The van der Waals surface area contributed by atoms with Crippen molar-refractivity contribution >= 4 is 27.3 Å². The minimum Gasteiger partial charge on any atom is -0.258 e. The molecule has 114 valence electrons. The first-order chi connectivity index (χ1) is 10.4. The number of nitro benzene ring substituents is 1. The van der Waals surface area contributed by atoms with Crippen molar-refractivity contribution in [3.05, 3.63) is 34.4 Å². The van der Waals surface area contributed by atoms with Gasteiger partial charge in [0.2, 0.25) is 0 Å². The molecule has 2 aliphatic rings. The Hall–Kier alpha value is -1.94. The number of sulfone groups is 1. The fraction of sp³-hybridized carbons (Fsp3) is 0.333. The minimum atomic E-state index is -3.00.